The zero-order chi connectivity index (χ0) is 25.6. The minimum absolute atomic E-state index is 0.0409. The smallest absolute Gasteiger partial charge is 0.326 e. The number of hydrogen-bond donors (Lipinski definition) is 8. The van der Waals surface area contributed by atoms with Crippen LogP contribution in [0.4, 0.5) is 0 Å². The van der Waals surface area contributed by atoms with E-state index in [2.05, 4.69) is 28.6 Å². The molecule has 0 aromatic heterocycles. The Morgan fingerprint density at radius 2 is 1.33 bits per heavy atom. The molecule has 0 aliphatic rings. The molecule has 13 nitrogen and oxygen atoms in total. The highest BCUT2D eigenvalue weighted by molar-refractivity contribution is 7.98. The number of primary amides is 1. The summed E-state index contributed by atoms with van der Waals surface area (Å²) >= 11 is 5.35. The number of carbonyl (C=O) groups is 6. The van der Waals surface area contributed by atoms with Crippen molar-refractivity contribution in [1.82, 2.24) is 16.0 Å². The molecular weight excluding hydrogens is 478 g/mol. The van der Waals surface area contributed by atoms with Gasteiger partial charge in [-0.3, -0.25) is 24.0 Å². The molecule has 9 N–H and O–H groups in total. The number of hydrogen-bond acceptors (Lipinski definition) is 9. The van der Waals surface area contributed by atoms with E-state index >= 15 is 0 Å². The van der Waals surface area contributed by atoms with Crippen molar-refractivity contribution in [3.63, 3.8) is 0 Å². The number of carbonyl (C=O) groups excluding carboxylic acids is 4. The first-order valence-electron chi connectivity index (χ1n) is 9.92. The van der Waals surface area contributed by atoms with Crippen molar-refractivity contribution in [1.29, 1.82) is 0 Å². The van der Waals surface area contributed by atoms with Crippen LogP contribution in [0.3, 0.4) is 0 Å². The Hall–Kier alpha value is -2.52. The highest BCUT2D eigenvalue weighted by Gasteiger charge is 2.30. The van der Waals surface area contributed by atoms with Gasteiger partial charge in [-0.15, -0.1) is 0 Å². The van der Waals surface area contributed by atoms with E-state index in [1.807, 2.05) is 0 Å². The summed E-state index contributed by atoms with van der Waals surface area (Å²) in [4.78, 5) is 70.8. The summed E-state index contributed by atoms with van der Waals surface area (Å²) in [5.41, 5.74) is 10.7. The Labute approximate surface area is 200 Å². The molecule has 0 aromatic rings. The molecule has 4 atom stereocenters. The van der Waals surface area contributed by atoms with E-state index in [1.54, 1.807) is 6.26 Å². The molecule has 0 fully saturated rings. The van der Waals surface area contributed by atoms with Crippen molar-refractivity contribution in [2.45, 2.75) is 56.3 Å². The Morgan fingerprint density at radius 3 is 1.79 bits per heavy atom. The van der Waals surface area contributed by atoms with E-state index in [0.29, 0.717) is 5.75 Å². The van der Waals surface area contributed by atoms with E-state index in [1.165, 1.54) is 11.8 Å². The maximum absolute atomic E-state index is 12.8. The SMILES string of the molecule is CSCCC(NC(=O)C(N)CS)C(=O)NC(CCC(N)=O)C(=O)NC(CCC(=O)O)C(=O)O. The second-order valence-corrected chi connectivity index (χ2v) is 8.38. The van der Waals surface area contributed by atoms with Gasteiger partial charge >= 0.3 is 11.9 Å². The van der Waals surface area contributed by atoms with Crippen LogP contribution in [0.2, 0.25) is 0 Å². The molecule has 4 amide bonds. The molecular formula is C18H31N5O8S2. The third-order valence-corrected chi connectivity index (χ3v) is 5.39. The van der Waals surface area contributed by atoms with Gasteiger partial charge in [-0.2, -0.15) is 24.4 Å². The van der Waals surface area contributed by atoms with Gasteiger partial charge in [0.15, 0.2) is 0 Å². The van der Waals surface area contributed by atoms with Gasteiger partial charge < -0.3 is 37.6 Å². The molecule has 0 aromatic carbocycles. The third-order valence-electron chi connectivity index (χ3n) is 4.35. The zero-order valence-corrected chi connectivity index (χ0v) is 19.8. The molecule has 0 saturated carbocycles. The molecule has 0 heterocycles. The molecule has 0 aliphatic heterocycles. The number of carboxylic acids is 2. The van der Waals surface area contributed by atoms with Crippen LogP contribution in [0.1, 0.15) is 32.1 Å². The normalized spacial score (nSPS) is 14.3. The average Bonchev–Trinajstić information content (AvgIpc) is 2.74. The lowest BCUT2D eigenvalue weighted by Gasteiger charge is -2.25. The second kappa shape index (κ2) is 16.1. The van der Waals surface area contributed by atoms with E-state index in [-0.39, 0.29) is 31.4 Å². The zero-order valence-electron chi connectivity index (χ0n) is 18.1. The van der Waals surface area contributed by atoms with Gasteiger partial charge in [-0.25, -0.2) is 4.79 Å². The van der Waals surface area contributed by atoms with Crippen LogP contribution in [0.5, 0.6) is 0 Å². The number of thiol groups is 1. The maximum atomic E-state index is 12.8. The van der Waals surface area contributed by atoms with E-state index in [4.69, 9.17) is 16.6 Å². The summed E-state index contributed by atoms with van der Waals surface area (Å²) < 4.78 is 0. The van der Waals surface area contributed by atoms with Gasteiger partial charge in [0.1, 0.15) is 18.1 Å². The maximum Gasteiger partial charge on any atom is 0.326 e. The Bertz CT molecular complexity index is 724. The molecule has 33 heavy (non-hydrogen) atoms. The van der Waals surface area contributed by atoms with Crippen LogP contribution in [0.25, 0.3) is 0 Å². The number of carboxylic acid groups (broad SMARTS) is 2. The van der Waals surface area contributed by atoms with Gasteiger partial charge in [0.25, 0.3) is 0 Å². The number of amides is 4. The van der Waals surface area contributed by atoms with E-state index in [9.17, 15) is 33.9 Å². The predicted molar refractivity (Wildman–Crippen MR) is 124 cm³/mol. The van der Waals surface area contributed by atoms with Gasteiger partial charge in [-0.05, 0) is 31.3 Å². The third kappa shape index (κ3) is 12.9. The highest BCUT2D eigenvalue weighted by atomic mass is 32.2. The second-order valence-electron chi connectivity index (χ2n) is 7.03. The Balaban J connectivity index is 5.49. The van der Waals surface area contributed by atoms with E-state index < -0.39 is 66.2 Å². The van der Waals surface area contributed by atoms with Crippen LogP contribution >= 0.6 is 24.4 Å². The fraction of sp³-hybridized carbons (Fsp3) is 0.667. The largest absolute Gasteiger partial charge is 0.481 e. The number of nitrogens with one attached hydrogen (secondary N) is 3. The molecule has 0 radical (unpaired) electrons. The number of rotatable bonds is 17. The summed E-state index contributed by atoms with van der Waals surface area (Å²) in [5.74, 6) is -5.24. The van der Waals surface area contributed by atoms with Crippen molar-refractivity contribution in [2.24, 2.45) is 11.5 Å². The summed E-state index contributed by atoms with van der Waals surface area (Å²) in [6.45, 7) is 0. The van der Waals surface area contributed by atoms with Crippen molar-refractivity contribution < 1.29 is 39.0 Å². The first-order chi connectivity index (χ1) is 15.4. The summed E-state index contributed by atoms with van der Waals surface area (Å²) in [7, 11) is 0. The van der Waals surface area contributed by atoms with Gasteiger partial charge in [0.2, 0.25) is 23.6 Å². The van der Waals surface area contributed by atoms with Crippen LogP contribution in [-0.2, 0) is 28.8 Å². The fourth-order valence-electron chi connectivity index (χ4n) is 2.49. The van der Waals surface area contributed by atoms with Gasteiger partial charge in [-0.1, -0.05) is 0 Å². The van der Waals surface area contributed by atoms with Crippen molar-refractivity contribution in [3.05, 3.63) is 0 Å². The first-order valence-corrected chi connectivity index (χ1v) is 11.9. The number of nitrogens with two attached hydrogens (primary N) is 2. The van der Waals surface area contributed by atoms with Crippen molar-refractivity contribution >= 4 is 60.0 Å². The quantitative estimate of drug-likeness (QED) is 0.0974. The number of aliphatic carboxylic acids is 2. The van der Waals surface area contributed by atoms with Crippen LogP contribution in [-0.4, -0.2) is 87.7 Å². The fourth-order valence-corrected chi connectivity index (χ4v) is 3.13. The predicted octanol–water partition coefficient (Wildman–Crippen LogP) is -2.33. The standard InChI is InChI=1S/C18H31N5O8S2/c1-33-7-6-11(21-15(27)9(19)8-32)17(29)22-10(2-4-13(20)24)16(28)23-12(18(30)31)3-5-14(25)26/h9-12,32H,2-8,19H2,1H3,(H2,20,24)(H,21,27)(H,22,29)(H,23,28)(H,25,26)(H,30,31). The lowest BCUT2D eigenvalue weighted by molar-refractivity contribution is -0.143. The lowest BCUT2D eigenvalue weighted by atomic mass is 10.1. The summed E-state index contributed by atoms with van der Waals surface area (Å²) in [6, 6.07) is -4.90. The van der Waals surface area contributed by atoms with Crippen molar-refractivity contribution in [2.75, 3.05) is 17.8 Å². The van der Waals surface area contributed by atoms with E-state index in [0.717, 1.165) is 0 Å². The topological polar surface area (TPSA) is 231 Å². The summed E-state index contributed by atoms with van der Waals surface area (Å²) in [6.07, 6.45) is 0.570. The minimum atomic E-state index is -1.53. The first kappa shape index (κ1) is 30.5. The highest BCUT2D eigenvalue weighted by Crippen LogP contribution is 2.06. The Morgan fingerprint density at radius 1 is 0.848 bits per heavy atom. The van der Waals surface area contributed by atoms with Crippen molar-refractivity contribution in [3.8, 4) is 0 Å². The van der Waals surface area contributed by atoms with Gasteiger partial charge in [0.05, 0.1) is 6.04 Å². The lowest BCUT2D eigenvalue weighted by Crippen LogP contribution is -2.57. The molecule has 0 rings (SSSR count). The molecule has 0 bridgehead atoms. The monoisotopic (exact) mass is 509 g/mol. The number of thioether (sulfide) groups is 1. The molecule has 0 saturated heterocycles. The molecule has 4 unspecified atom stereocenters. The average molecular weight is 510 g/mol. The van der Waals surface area contributed by atoms with Crippen LogP contribution < -0.4 is 27.4 Å². The van der Waals surface area contributed by atoms with Crippen LogP contribution in [0, 0.1) is 0 Å². The van der Waals surface area contributed by atoms with Gasteiger partial charge in [0, 0.05) is 18.6 Å². The molecule has 0 spiro atoms. The minimum Gasteiger partial charge on any atom is -0.481 e. The molecule has 15 heteroatoms. The van der Waals surface area contributed by atoms with Crippen LogP contribution in [0.15, 0.2) is 0 Å². The summed E-state index contributed by atoms with van der Waals surface area (Å²) in [5, 5.41) is 25.0. The molecule has 0 aliphatic carbocycles. The Kier molecular flexibility index (Phi) is 14.9. The molecule has 188 valence electrons.